The minimum atomic E-state index is -4.76. The predicted octanol–water partition coefficient (Wildman–Crippen LogP) is 4.75. The van der Waals surface area contributed by atoms with Crippen molar-refractivity contribution in [3.8, 4) is 0 Å². The van der Waals surface area contributed by atoms with E-state index < -0.39 is 53.9 Å². The number of carbonyl (C=O) groups excluding carboxylic acids is 1. The number of nitrogens with zero attached hydrogens (tertiary/aromatic N) is 2. The van der Waals surface area contributed by atoms with Crippen LogP contribution in [0, 0.1) is 10.1 Å². The molecule has 156 valence electrons. The zero-order chi connectivity index (χ0) is 21.8. The molecule has 0 saturated heterocycles. The molecule has 2 aromatic rings. The van der Waals surface area contributed by atoms with Crippen molar-refractivity contribution in [3.05, 3.63) is 75.3 Å². The lowest BCUT2D eigenvalue weighted by molar-refractivity contribution is -0.385. The molecule has 2 aromatic carbocycles. The van der Waals surface area contributed by atoms with Gasteiger partial charge in [0.2, 0.25) is 5.91 Å². The smallest absolute Gasteiger partial charge is 0.329 e. The number of nitro groups is 1. The third-order valence-corrected chi connectivity index (χ3v) is 3.91. The maximum absolute atomic E-state index is 12.9. The first-order chi connectivity index (χ1) is 13.4. The first-order valence-corrected chi connectivity index (χ1v) is 8.10. The van der Waals surface area contributed by atoms with Gasteiger partial charge in [-0.3, -0.25) is 14.9 Å². The second kappa shape index (κ2) is 8.50. The Kier molecular flexibility index (Phi) is 6.50. The molecule has 0 N–H and O–H groups in total. The van der Waals surface area contributed by atoms with Crippen LogP contribution in [0.25, 0.3) is 0 Å². The maximum Gasteiger partial charge on any atom is 0.416 e. The number of carbonyl (C=O) groups is 1. The van der Waals surface area contributed by atoms with E-state index in [2.05, 4.69) is 0 Å². The van der Waals surface area contributed by atoms with E-state index in [4.69, 9.17) is 0 Å². The summed E-state index contributed by atoms with van der Waals surface area (Å²) in [5.74, 6) is -1.03. The van der Waals surface area contributed by atoms with E-state index in [1.165, 1.54) is 18.2 Å². The number of amides is 1. The fourth-order valence-electron chi connectivity index (χ4n) is 2.57. The highest BCUT2D eigenvalue weighted by Crippen LogP contribution is 2.29. The molecule has 0 aliphatic heterocycles. The molecule has 0 aliphatic rings. The number of hydrogen-bond donors (Lipinski definition) is 0. The Morgan fingerprint density at radius 2 is 1.55 bits per heavy atom. The molecule has 0 heterocycles. The minimum Gasteiger partial charge on any atom is -0.329 e. The van der Waals surface area contributed by atoms with Gasteiger partial charge < -0.3 is 4.90 Å². The summed E-state index contributed by atoms with van der Waals surface area (Å²) in [5.41, 5.74) is -1.41. The fourth-order valence-corrected chi connectivity index (χ4v) is 2.57. The van der Waals surface area contributed by atoms with Gasteiger partial charge in [0.15, 0.2) is 0 Å². The largest absolute Gasteiger partial charge is 0.416 e. The molecule has 11 heteroatoms. The van der Waals surface area contributed by atoms with Gasteiger partial charge in [0.05, 0.1) is 23.5 Å². The van der Waals surface area contributed by atoms with Crippen LogP contribution in [0.2, 0.25) is 0 Å². The van der Waals surface area contributed by atoms with Crippen LogP contribution in [-0.4, -0.2) is 28.5 Å². The molecule has 1 amide bonds. The van der Waals surface area contributed by atoms with Crippen molar-refractivity contribution in [2.45, 2.75) is 25.3 Å². The molecule has 0 atom stereocenters. The molecule has 0 aliphatic carbocycles. The molecule has 0 spiro atoms. The Morgan fingerprint density at radius 3 is 2.07 bits per heavy atom. The normalized spacial score (nSPS) is 11.9. The lowest BCUT2D eigenvalue weighted by Crippen LogP contribution is -2.39. The zero-order valence-electron chi connectivity index (χ0n) is 14.6. The molecule has 0 aromatic heterocycles. The van der Waals surface area contributed by atoms with Gasteiger partial charge in [-0.05, 0) is 17.7 Å². The highest BCUT2D eigenvalue weighted by molar-refractivity contribution is 5.79. The van der Waals surface area contributed by atoms with Crippen molar-refractivity contribution in [3.63, 3.8) is 0 Å². The van der Waals surface area contributed by atoms with Gasteiger partial charge >= 0.3 is 12.4 Å². The van der Waals surface area contributed by atoms with Gasteiger partial charge in [-0.1, -0.05) is 30.3 Å². The number of alkyl halides is 6. The minimum absolute atomic E-state index is 0.0812. The summed E-state index contributed by atoms with van der Waals surface area (Å²) in [4.78, 5) is 23.1. The Balaban J connectivity index is 2.23. The Hall–Kier alpha value is -3.11. The van der Waals surface area contributed by atoms with Gasteiger partial charge in [0, 0.05) is 11.6 Å². The number of rotatable bonds is 6. The summed E-state index contributed by atoms with van der Waals surface area (Å²) in [6.07, 6.45) is -9.94. The average molecular weight is 420 g/mol. The van der Waals surface area contributed by atoms with Crippen molar-refractivity contribution >= 4 is 11.6 Å². The molecule has 5 nitrogen and oxygen atoms in total. The Bertz CT molecular complexity index is 878. The molecule has 0 radical (unpaired) electrons. The van der Waals surface area contributed by atoms with E-state index >= 15 is 0 Å². The third kappa shape index (κ3) is 6.47. The van der Waals surface area contributed by atoms with Gasteiger partial charge in [0.25, 0.3) is 5.69 Å². The van der Waals surface area contributed by atoms with Gasteiger partial charge in [-0.25, -0.2) is 0 Å². The lowest BCUT2D eigenvalue weighted by atomic mass is 10.1. The van der Waals surface area contributed by atoms with Crippen LogP contribution >= 0.6 is 0 Å². The van der Waals surface area contributed by atoms with Crippen molar-refractivity contribution < 1.29 is 36.1 Å². The zero-order valence-corrected chi connectivity index (χ0v) is 14.6. The fraction of sp³-hybridized carbons (Fsp3) is 0.278. The summed E-state index contributed by atoms with van der Waals surface area (Å²) < 4.78 is 76.5. The van der Waals surface area contributed by atoms with E-state index in [1.807, 2.05) is 0 Å². The quantitative estimate of drug-likeness (QED) is 0.385. The molecule has 2 rings (SSSR count). The molecule has 0 bridgehead atoms. The number of hydrogen-bond acceptors (Lipinski definition) is 3. The van der Waals surface area contributed by atoms with Crippen LogP contribution in [-0.2, 0) is 23.9 Å². The first-order valence-electron chi connectivity index (χ1n) is 8.10. The van der Waals surface area contributed by atoms with E-state index in [0.717, 1.165) is 30.3 Å². The van der Waals surface area contributed by atoms with E-state index in [0.29, 0.717) is 4.90 Å². The van der Waals surface area contributed by atoms with Crippen LogP contribution in [0.5, 0.6) is 0 Å². The molecular weight excluding hydrogens is 406 g/mol. The maximum atomic E-state index is 12.9. The standard InChI is InChI=1S/C18H14F6N2O3/c19-17(20,21)11-25(10-13-3-1-2-4-15(13)26(28)29)16(27)9-12-5-7-14(8-6-12)18(22,23)24/h1-8H,9-11H2. The van der Waals surface area contributed by atoms with E-state index in [-0.39, 0.29) is 11.1 Å². The SMILES string of the molecule is O=C(Cc1ccc(C(F)(F)F)cc1)N(Cc1ccccc1[N+](=O)[O-])CC(F)(F)F. The van der Waals surface area contributed by atoms with E-state index in [1.54, 1.807) is 0 Å². The summed E-state index contributed by atoms with van der Waals surface area (Å²) in [6.45, 7) is -2.32. The Morgan fingerprint density at radius 1 is 0.966 bits per heavy atom. The number of nitro benzene ring substituents is 1. The van der Waals surface area contributed by atoms with Gasteiger partial charge in [0.1, 0.15) is 6.54 Å². The Labute approximate surface area is 160 Å². The molecular formula is C18H14F6N2O3. The highest BCUT2D eigenvalue weighted by Gasteiger charge is 2.34. The van der Waals surface area contributed by atoms with Gasteiger partial charge in [-0.15, -0.1) is 0 Å². The number of halogens is 6. The van der Waals surface area contributed by atoms with Crippen molar-refractivity contribution in [1.82, 2.24) is 4.90 Å². The summed E-state index contributed by atoms with van der Waals surface area (Å²) in [5, 5.41) is 11.1. The summed E-state index contributed by atoms with van der Waals surface area (Å²) >= 11 is 0. The molecule has 29 heavy (non-hydrogen) atoms. The summed E-state index contributed by atoms with van der Waals surface area (Å²) in [7, 11) is 0. The van der Waals surface area contributed by atoms with Crippen LogP contribution in [0.1, 0.15) is 16.7 Å². The lowest BCUT2D eigenvalue weighted by Gasteiger charge is -2.24. The predicted molar refractivity (Wildman–Crippen MR) is 89.7 cm³/mol. The average Bonchev–Trinajstić information content (AvgIpc) is 2.60. The van der Waals surface area contributed by atoms with Crippen molar-refractivity contribution in [2.24, 2.45) is 0 Å². The first kappa shape index (κ1) is 22.2. The second-order valence-corrected chi connectivity index (χ2v) is 6.12. The van der Waals surface area contributed by atoms with Crippen LogP contribution in [0.3, 0.4) is 0 Å². The highest BCUT2D eigenvalue weighted by atomic mass is 19.4. The van der Waals surface area contributed by atoms with Crippen LogP contribution in [0.4, 0.5) is 32.0 Å². The van der Waals surface area contributed by atoms with Crippen molar-refractivity contribution in [1.29, 1.82) is 0 Å². The van der Waals surface area contributed by atoms with Crippen LogP contribution < -0.4 is 0 Å². The molecule has 0 saturated carbocycles. The van der Waals surface area contributed by atoms with Crippen LogP contribution in [0.15, 0.2) is 48.5 Å². The third-order valence-electron chi connectivity index (χ3n) is 3.91. The number of para-hydroxylation sites is 1. The van der Waals surface area contributed by atoms with E-state index in [9.17, 15) is 41.3 Å². The molecule has 0 fully saturated rings. The number of benzene rings is 2. The summed E-state index contributed by atoms with van der Waals surface area (Å²) in [6, 6.07) is 8.48. The van der Waals surface area contributed by atoms with Crippen molar-refractivity contribution in [2.75, 3.05) is 6.54 Å². The molecule has 0 unspecified atom stereocenters. The topological polar surface area (TPSA) is 63.5 Å². The van der Waals surface area contributed by atoms with Gasteiger partial charge in [-0.2, -0.15) is 26.3 Å². The second-order valence-electron chi connectivity index (χ2n) is 6.12. The monoisotopic (exact) mass is 420 g/mol.